The highest BCUT2D eigenvalue weighted by atomic mass is 19.1. The van der Waals surface area contributed by atoms with Crippen molar-refractivity contribution in [2.24, 2.45) is 0 Å². The molecule has 3 rings (SSSR count). The molecule has 3 aromatic rings. The molecule has 160 valence electrons. The summed E-state index contributed by atoms with van der Waals surface area (Å²) in [6.07, 6.45) is 0.110. The van der Waals surface area contributed by atoms with Crippen molar-refractivity contribution < 1.29 is 23.9 Å². The van der Waals surface area contributed by atoms with Crippen molar-refractivity contribution in [1.82, 2.24) is 10.6 Å². The van der Waals surface area contributed by atoms with E-state index in [0.29, 0.717) is 5.56 Å². The lowest BCUT2D eigenvalue weighted by atomic mass is 9.98. The van der Waals surface area contributed by atoms with Crippen molar-refractivity contribution >= 4 is 28.6 Å². The molecule has 6 nitrogen and oxygen atoms in total. The first-order valence-corrected chi connectivity index (χ1v) is 9.85. The molecule has 0 aromatic heterocycles. The average Bonchev–Trinajstić information content (AvgIpc) is 2.72. The average molecular weight is 422 g/mol. The van der Waals surface area contributed by atoms with Gasteiger partial charge in [-0.1, -0.05) is 54.6 Å². The van der Waals surface area contributed by atoms with Gasteiger partial charge in [0, 0.05) is 19.8 Å². The van der Waals surface area contributed by atoms with Crippen molar-refractivity contribution in [2.45, 2.75) is 31.8 Å². The number of carboxylic acids is 1. The highest BCUT2D eigenvalue weighted by molar-refractivity contribution is 5.91. The largest absolute Gasteiger partial charge is 0.480 e. The van der Waals surface area contributed by atoms with Crippen LogP contribution in [0.25, 0.3) is 10.8 Å². The Hall–Kier alpha value is -3.74. The van der Waals surface area contributed by atoms with Gasteiger partial charge in [-0.15, -0.1) is 0 Å². The Morgan fingerprint density at radius 3 is 2.32 bits per heavy atom. The van der Waals surface area contributed by atoms with Gasteiger partial charge in [0.05, 0.1) is 0 Å². The Kier molecular flexibility index (Phi) is 6.97. The van der Waals surface area contributed by atoms with E-state index in [-0.39, 0.29) is 12.8 Å². The molecule has 0 saturated carbocycles. The van der Waals surface area contributed by atoms with Gasteiger partial charge in [0.25, 0.3) is 0 Å². The predicted octanol–water partition coefficient (Wildman–Crippen LogP) is 2.84. The van der Waals surface area contributed by atoms with Gasteiger partial charge in [-0.3, -0.25) is 9.59 Å². The van der Waals surface area contributed by atoms with E-state index in [4.69, 9.17) is 0 Å². The highest BCUT2D eigenvalue weighted by Crippen LogP contribution is 2.20. The van der Waals surface area contributed by atoms with Gasteiger partial charge < -0.3 is 15.7 Å². The minimum absolute atomic E-state index is 0.0315. The lowest BCUT2D eigenvalue weighted by Gasteiger charge is -2.21. The van der Waals surface area contributed by atoms with E-state index in [2.05, 4.69) is 10.6 Å². The summed E-state index contributed by atoms with van der Waals surface area (Å²) in [7, 11) is 0. The van der Waals surface area contributed by atoms with E-state index in [1.807, 2.05) is 42.5 Å². The number of rotatable bonds is 8. The highest BCUT2D eigenvalue weighted by Gasteiger charge is 2.27. The summed E-state index contributed by atoms with van der Waals surface area (Å²) in [5.41, 5.74) is 1.29. The molecule has 0 aliphatic heterocycles. The number of nitrogens with one attached hydrogen (secondary N) is 2. The predicted molar refractivity (Wildman–Crippen MR) is 115 cm³/mol. The summed E-state index contributed by atoms with van der Waals surface area (Å²) in [5.74, 6) is -2.74. The third-order valence-corrected chi connectivity index (χ3v) is 4.94. The van der Waals surface area contributed by atoms with Crippen LogP contribution in [0.1, 0.15) is 18.1 Å². The van der Waals surface area contributed by atoms with Crippen LogP contribution in [-0.4, -0.2) is 35.0 Å². The molecule has 0 saturated heterocycles. The second-order valence-corrected chi connectivity index (χ2v) is 7.33. The van der Waals surface area contributed by atoms with Gasteiger partial charge in [-0.05, 0) is 34.0 Å². The number of carboxylic acid groups (broad SMARTS) is 1. The molecular formula is C24H23FN2O4. The minimum atomic E-state index is -1.19. The SMILES string of the molecule is CC(=O)N[C@H](Cc1cccc(F)c1)C(=O)N[C@H](Cc1cccc2ccccc12)C(=O)O. The zero-order chi connectivity index (χ0) is 22.4. The lowest BCUT2D eigenvalue weighted by molar-refractivity contribution is -0.142. The van der Waals surface area contributed by atoms with Crippen molar-refractivity contribution in [3.63, 3.8) is 0 Å². The maximum atomic E-state index is 13.5. The van der Waals surface area contributed by atoms with Crippen molar-refractivity contribution in [2.75, 3.05) is 0 Å². The lowest BCUT2D eigenvalue weighted by Crippen LogP contribution is -2.52. The molecule has 0 unspecified atom stereocenters. The number of halogens is 1. The maximum Gasteiger partial charge on any atom is 0.326 e. The van der Waals surface area contributed by atoms with E-state index in [1.54, 1.807) is 6.07 Å². The molecule has 7 heteroatoms. The zero-order valence-corrected chi connectivity index (χ0v) is 17.0. The van der Waals surface area contributed by atoms with Crippen molar-refractivity contribution in [3.8, 4) is 0 Å². The van der Waals surface area contributed by atoms with Crippen molar-refractivity contribution in [3.05, 3.63) is 83.7 Å². The monoisotopic (exact) mass is 422 g/mol. The molecule has 0 heterocycles. The molecule has 0 spiro atoms. The Labute approximate surface area is 179 Å². The third-order valence-electron chi connectivity index (χ3n) is 4.94. The topological polar surface area (TPSA) is 95.5 Å². The maximum absolute atomic E-state index is 13.5. The first kappa shape index (κ1) is 22.0. The van der Waals surface area contributed by atoms with E-state index < -0.39 is 35.7 Å². The fourth-order valence-electron chi connectivity index (χ4n) is 3.52. The summed E-state index contributed by atoms with van der Waals surface area (Å²) in [6.45, 7) is 1.26. The van der Waals surface area contributed by atoms with Gasteiger partial charge in [-0.25, -0.2) is 9.18 Å². The number of amides is 2. The van der Waals surface area contributed by atoms with Crippen LogP contribution in [0.2, 0.25) is 0 Å². The smallest absolute Gasteiger partial charge is 0.326 e. The van der Waals surface area contributed by atoms with Crippen LogP contribution in [0.5, 0.6) is 0 Å². The molecule has 0 aliphatic rings. The number of carbonyl (C=O) groups is 3. The molecule has 3 N–H and O–H groups in total. The minimum Gasteiger partial charge on any atom is -0.480 e. The molecule has 0 aliphatic carbocycles. The normalized spacial score (nSPS) is 12.7. The first-order valence-electron chi connectivity index (χ1n) is 9.85. The van der Waals surface area contributed by atoms with Crippen LogP contribution >= 0.6 is 0 Å². The number of aliphatic carboxylic acids is 1. The first-order chi connectivity index (χ1) is 14.8. The number of carbonyl (C=O) groups excluding carboxylic acids is 2. The summed E-state index contributed by atoms with van der Waals surface area (Å²) in [4.78, 5) is 36.3. The summed E-state index contributed by atoms with van der Waals surface area (Å²) in [5, 5.41) is 16.6. The Morgan fingerprint density at radius 2 is 1.61 bits per heavy atom. The number of hydrogen-bond acceptors (Lipinski definition) is 3. The summed E-state index contributed by atoms with van der Waals surface area (Å²) in [6, 6.07) is 16.6. The summed E-state index contributed by atoms with van der Waals surface area (Å²) < 4.78 is 13.5. The zero-order valence-electron chi connectivity index (χ0n) is 17.0. The van der Waals surface area contributed by atoms with Crippen LogP contribution in [0.4, 0.5) is 4.39 Å². The van der Waals surface area contributed by atoms with E-state index in [1.165, 1.54) is 25.1 Å². The van der Waals surface area contributed by atoms with Gasteiger partial charge in [0.15, 0.2) is 0 Å². The van der Waals surface area contributed by atoms with Crippen molar-refractivity contribution in [1.29, 1.82) is 0 Å². The van der Waals surface area contributed by atoms with Gasteiger partial charge in [-0.2, -0.15) is 0 Å². The Morgan fingerprint density at radius 1 is 0.903 bits per heavy atom. The summed E-state index contributed by atoms with van der Waals surface area (Å²) >= 11 is 0. The van der Waals surface area contributed by atoms with Gasteiger partial charge >= 0.3 is 5.97 Å². The fraction of sp³-hybridized carbons (Fsp3) is 0.208. The van der Waals surface area contributed by atoms with Crippen LogP contribution in [-0.2, 0) is 27.2 Å². The molecule has 0 radical (unpaired) electrons. The molecule has 3 aromatic carbocycles. The van der Waals surface area contributed by atoms with E-state index >= 15 is 0 Å². The van der Waals surface area contributed by atoms with Crippen LogP contribution in [0, 0.1) is 5.82 Å². The molecule has 0 fully saturated rings. The molecule has 2 atom stereocenters. The Balaban J connectivity index is 1.79. The number of fused-ring (bicyclic) bond motifs is 1. The fourth-order valence-corrected chi connectivity index (χ4v) is 3.52. The van der Waals surface area contributed by atoms with Gasteiger partial charge in [0.1, 0.15) is 17.9 Å². The van der Waals surface area contributed by atoms with E-state index in [9.17, 15) is 23.9 Å². The quantitative estimate of drug-likeness (QED) is 0.520. The molecule has 31 heavy (non-hydrogen) atoms. The Bertz CT molecular complexity index is 1110. The van der Waals surface area contributed by atoms with Crippen LogP contribution in [0.15, 0.2) is 66.7 Å². The van der Waals surface area contributed by atoms with Gasteiger partial charge in [0.2, 0.25) is 11.8 Å². The molecule has 2 amide bonds. The molecule has 0 bridgehead atoms. The second kappa shape index (κ2) is 9.84. The third kappa shape index (κ3) is 5.88. The number of hydrogen-bond donors (Lipinski definition) is 3. The van der Waals surface area contributed by atoms with E-state index in [0.717, 1.165) is 16.3 Å². The number of benzene rings is 3. The standard InChI is InChI=1S/C24H23FN2O4/c1-15(28)26-21(13-16-6-4-10-19(25)12-16)23(29)27-22(24(30)31)14-18-9-5-8-17-7-2-3-11-20(17)18/h2-12,21-22H,13-14H2,1H3,(H,26,28)(H,27,29)(H,30,31)/t21-,22-/m1/s1. The second-order valence-electron chi connectivity index (χ2n) is 7.33. The van der Waals surface area contributed by atoms with Crippen LogP contribution < -0.4 is 10.6 Å². The van der Waals surface area contributed by atoms with Crippen LogP contribution in [0.3, 0.4) is 0 Å². The molecular weight excluding hydrogens is 399 g/mol.